The van der Waals surface area contributed by atoms with Gasteiger partial charge in [0, 0.05) is 26.7 Å². The maximum absolute atomic E-state index is 12.1. The van der Waals surface area contributed by atoms with Crippen LogP contribution in [0.1, 0.15) is 20.8 Å². The van der Waals surface area contributed by atoms with Crippen molar-refractivity contribution in [2.75, 3.05) is 13.2 Å². The topological polar surface area (TPSA) is 122 Å². The van der Waals surface area contributed by atoms with Gasteiger partial charge in [0.2, 0.25) is 0 Å². The van der Waals surface area contributed by atoms with E-state index in [1.165, 1.54) is 26.8 Å². The Kier molecular flexibility index (Phi) is 5.55. The van der Waals surface area contributed by atoms with Gasteiger partial charge in [0.15, 0.2) is 0 Å². The Labute approximate surface area is 143 Å². The Balaban J connectivity index is 2.38. The van der Waals surface area contributed by atoms with Crippen molar-refractivity contribution in [1.82, 2.24) is 0 Å². The van der Waals surface area contributed by atoms with Crippen LogP contribution < -0.4 is 0 Å². The van der Waals surface area contributed by atoms with E-state index in [1.54, 1.807) is 0 Å². The fourth-order valence-electron chi connectivity index (χ4n) is 3.03. The third-order valence-corrected chi connectivity index (χ3v) is 3.98. The fraction of sp³-hybridized carbons (Fsp3) is 0.562. The van der Waals surface area contributed by atoms with Gasteiger partial charge in [0.1, 0.15) is 12.4 Å². The molecule has 136 valence electrons. The summed E-state index contributed by atoms with van der Waals surface area (Å²) in [6.45, 7) is 3.15. The lowest BCUT2D eigenvalue weighted by Crippen LogP contribution is -2.41. The van der Waals surface area contributed by atoms with E-state index >= 15 is 0 Å². The molecule has 9 heteroatoms. The van der Waals surface area contributed by atoms with Crippen LogP contribution in [-0.2, 0) is 42.9 Å². The molecule has 0 spiro atoms. The molecule has 0 radical (unpaired) electrons. The predicted molar refractivity (Wildman–Crippen MR) is 78.2 cm³/mol. The number of cyclic esters (lactones) is 2. The monoisotopic (exact) mass is 354 g/mol. The molecule has 9 nitrogen and oxygen atoms in total. The molecule has 0 aromatic rings. The van der Waals surface area contributed by atoms with E-state index in [1.807, 2.05) is 0 Å². The molecule has 0 bridgehead atoms. The van der Waals surface area contributed by atoms with Crippen molar-refractivity contribution in [2.45, 2.75) is 20.8 Å². The van der Waals surface area contributed by atoms with Crippen LogP contribution in [0.4, 0.5) is 0 Å². The summed E-state index contributed by atoms with van der Waals surface area (Å²) in [5.74, 6) is -6.69. The summed E-state index contributed by atoms with van der Waals surface area (Å²) in [5, 5.41) is 0. The third kappa shape index (κ3) is 4.23. The van der Waals surface area contributed by atoms with Crippen LogP contribution in [0.3, 0.4) is 0 Å². The highest BCUT2D eigenvalue weighted by atomic mass is 16.6. The summed E-state index contributed by atoms with van der Waals surface area (Å²) in [6.07, 6.45) is 1.44. The van der Waals surface area contributed by atoms with Gasteiger partial charge in [0.25, 0.3) is 0 Å². The van der Waals surface area contributed by atoms with Crippen LogP contribution in [0.25, 0.3) is 0 Å². The lowest BCUT2D eigenvalue weighted by Gasteiger charge is -2.33. The molecule has 1 aliphatic carbocycles. The molecule has 2 rings (SSSR count). The number of carbonyl (C=O) groups is 5. The van der Waals surface area contributed by atoms with Gasteiger partial charge in [0.05, 0.1) is 24.4 Å². The molecular weight excluding hydrogens is 336 g/mol. The van der Waals surface area contributed by atoms with E-state index in [2.05, 4.69) is 0 Å². The van der Waals surface area contributed by atoms with Gasteiger partial charge < -0.3 is 18.9 Å². The summed E-state index contributed by atoms with van der Waals surface area (Å²) < 4.78 is 19.7. The van der Waals surface area contributed by atoms with Gasteiger partial charge in [-0.3, -0.25) is 24.0 Å². The Bertz CT molecular complexity index is 648. The van der Waals surface area contributed by atoms with Crippen molar-refractivity contribution in [1.29, 1.82) is 0 Å². The third-order valence-electron chi connectivity index (χ3n) is 3.98. The molecule has 1 heterocycles. The molecule has 0 unspecified atom stereocenters. The largest absolute Gasteiger partial charge is 0.465 e. The van der Waals surface area contributed by atoms with Crippen LogP contribution in [0.15, 0.2) is 11.8 Å². The smallest absolute Gasteiger partial charge is 0.318 e. The second kappa shape index (κ2) is 7.45. The standard InChI is InChI=1S/C16H18O9/c1-7(17)22-5-10-4-12(24-9(3)19)11(6-23-8(2)18)14-13(10)15(20)25-16(14)21/h4,10-11,13-14H,5-6H2,1-3H3/t10-,11-,13-,14+/m0/s1. The minimum absolute atomic E-state index is 0.0822. The summed E-state index contributed by atoms with van der Waals surface area (Å²) in [7, 11) is 0. The van der Waals surface area contributed by atoms with E-state index in [9.17, 15) is 24.0 Å². The van der Waals surface area contributed by atoms with E-state index in [0.717, 1.165) is 0 Å². The minimum atomic E-state index is -0.994. The van der Waals surface area contributed by atoms with Crippen molar-refractivity contribution < 1.29 is 42.9 Å². The Morgan fingerprint density at radius 1 is 0.920 bits per heavy atom. The molecule has 2 aliphatic rings. The van der Waals surface area contributed by atoms with Gasteiger partial charge in [-0.1, -0.05) is 0 Å². The van der Waals surface area contributed by atoms with Gasteiger partial charge in [-0.05, 0) is 6.08 Å². The number of fused-ring (bicyclic) bond motifs is 1. The minimum Gasteiger partial charge on any atom is -0.465 e. The maximum atomic E-state index is 12.1. The summed E-state index contributed by atoms with van der Waals surface area (Å²) in [4.78, 5) is 57.7. The molecule has 0 aromatic heterocycles. The van der Waals surface area contributed by atoms with Gasteiger partial charge >= 0.3 is 29.8 Å². The van der Waals surface area contributed by atoms with E-state index in [0.29, 0.717) is 0 Å². The first kappa shape index (κ1) is 18.6. The van der Waals surface area contributed by atoms with E-state index < -0.39 is 53.5 Å². The van der Waals surface area contributed by atoms with E-state index in [4.69, 9.17) is 18.9 Å². The van der Waals surface area contributed by atoms with Crippen molar-refractivity contribution in [3.05, 3.63) is 11.8 Å². The maximum Gasteiger partial charge on any atom is 0.318 e. The van der Waals surface area contributed by atoms with E-state index in [-0.39, 0.29) is 19.0 Å². The molecule has 0 N–H and O–H groups in total. The molecule has 4 atom stereocenters. The van der Waals surface area contributed by atoms with Crippen LogP contribution in [-0.4, -0.2) is 43.1 Å². The van der Waals surface area contributed by atoms with Crippen molar-refractivity contribution >= 4 is 29.8 Å². The van der Waals surface area contributed by atoms with Crippen molar-refractivity contribution in [2.24, 2.45) is 23.7 Å². The predicted octanol–water partition coefficient (Wildman–Crippen LogP) is 0.121. The number of rotatable bonds is 5. The van der Waals surface area contributed by atoms with Crippen LogP contribution in [0, 0.1) is 23.7 Å². The Morgan fingerprint density at radius 2 is 1.48 bits per heavy atom. The molecule has 1 saturated heterocycles. The number of esters is 5. The van der Waals surface area contributed by atoms with Crippen molar-refractivity contribution in [3.63, 3.8) is 0 Å². The average Bonchev–Trinajstić information content (AvgIpc) is 2.78. The summed E-state index contributed by atoms with van der Waals surface area (Å²) in [5.41, 5.74) is 0. The van der Waals surface area contributed by atoms with Gasteiger partial charge in [-0.25, -0.2) is 0 Å². The molecule has 1 fully saturated rings. The summed E-state index contributed by atoms with van der Waals surface area (Å²) in [6, 6.07) is 0. The molecule has 1 aliphatic heterocycles. The first-order valence-electron chi connectivity index (χ1n) is 7.63. The lowest BCUT2D eigenvalue weighted by atomic mass is 9.71. The Morgan fingerprint density at radius 3 is 2.04 bits per heavy atom. The normalized spacial score (nSPS) is 27.7. The molecule has 0 amide bonds. The van der Waals surface area contributed by atoms with Crippen molar-refractivity contribution in [3.8, 4) is 0 Å². The van der Waals surface area contributed by atoms with Crippen LogP contribution in [0.2, 0.25) is 0 Å². The highest BCUT2D eigenvalue weighted by molar-refractivity contribution is 5.97. The second-order valence-electron chi connectivity index (χ2n) is 5.83. The summed E-state index contributed by atoms with van der Waals surface area (Å²) >= 11 is 0. The first-order valence-corrected chi connectivity index (χ1v) is 7.63. The first-order chi connectivity index (χ1) is 11.7. The van der Waals surface area contributed by atoms with Gasteiger partial charge in [-0.15, -0.1) is 0 Å². The quantitative estimate of drug-likeness (QED) is 0.385. The fourth-order valence-corrected chi connectivity index (χ4v) is 3.03. The van der Waals surface area contributed by atoms with Crippen LogP contribution in [0.5, 0.6) is 0 Å². The zero-order valence-electron chi connectivity index (χ0n) is 14.0. The average molecular weight is 354 g/mol. The zero-order chi connectivity index (χ0) is 18.7. The molecule has 25 heavy (non-hydrogen) atoms. The molecule has 0 saturated carbocycles. The molecular formula is C16H18O9. The molecule has 0 aromatic carbocycles. The SMILES string of the molecule is CC(=O)OC[C@@H]1C=C(OC(C)=O)[C@H](COC(C)=O)[C@H]2C(=O)OC(=O)[C@H]21. The lowest BCUT2D eigenvalue weighted by molar-refractivity contribution is -0.156. The Hall–Kier alpha value is -2.71. The second-order valence-corrected chi connectivity index (χ2v) is 5.83. The number of ether oxygens (including phenoxy) is 4. The highest BCUT2D eigenvalue weighted by Gasteiger charge is 2.56. The highest BCUT2D eigenvalue weighted by Crippen LogP contribution is 2.44. The number of hydrogen-bond acceptors (Lipinski definition) is 9. The zero-order valence-corrected chi connectivity index (χ0v) is 14.0. The number of hydrogen-bond donors (Lipinski definition) is 0. The van der Waals surface area contributed by atoms with Gasteiger partial charge in [-0.2, -0.15) is 0 Å². The number of carbonyl (C=O) groups excluding carboxylic acids is 5. The van der Waals surface area contributed by atoms with Crippen LogP contribution >= 0.6 is 0 Å².